The Kier molecular flexibility index (Phi) is 3.48. The van der Waals surface area contributed by atoms with Crippen LogP contribution in [0.2, 0.25) is 0 Å². The van der Waals surface area contributed by atoms with Crippen LogP contribution in [0.5, 0.6) is 0 Å². The molecule has 0 aromatic heterocycles. The van der Waals surface area contributed by atoms with Crippen molar-refractivity contribution in [2.45, 2.75) is 25.7 Å². The smallest absolute Gasteiger partial charge is 0.304 e. The lowest BCUT2D eigenvalue weighted by Crippen LogP contribution is -2.29. The van der Waals surface area contributed by atoms with Gasteiger partial charge in [-0.1, -0.05) is 36.8 Å². The van der Waals surface area contributed by atoms with E-state index >= 15 is 0 Å². The number of benzene rings is 1. The summed E-state index contributed by atoms with van der Waals surface area (Å²) in [4.78, 5) is 10.7. The van der Waals surface area contributed by atoms with Gasteiger partial charge in [0.1, 0.15) is 0 Å². The summed E-state index contributed by atoms with van der Waals surface area (Å²) in [5.41, 5.74) is 1.24. The number of carboxylic acid groups (broad SMARTS) is 1. The van der Waals surface area contributed by atoms with Crippen LogP contribution >= 0.6 is 0 Å². The Balaban J connectivity index is 3.05. The molecule has 2 N–H and O–H groups in total. The van der Waals surface area contributed by atoms with E-state index in [1.807, 2.05) is 31.2 Å². The van der Waals surface area contributed by atoms with Crippen LogP contribution in [0, 0.1) is 6.92 Å². The van der Waals surface area contributed by atoms with Crippen LogP contribution in [0.15, 0.2) is 24.3 Å². The van der Waals surface area contributed by atoms with E-state index < -0.39 is 11.4 Å². The molecule has 0 fully saturated rings. The first kappa shape index (κ1) is 11.7. The quantitative estimate of drug-likeness (QED) is 0.792. The fraction of sp³-hybridized carbons (Fsp3) is 0.417. The molecule has 0 bridgehead atoms. The lowest BCUT2D eigenvalue weighted by molar-refractivity contribution is -0.138. The average Bonchev–Trinajstić information content (AvgIpc) is 2.16. The molecule has 0 amide bonds. The molecular weight excluding hydrogens is 192 g/mol. The van der Waals surface area contributed by atoms with Gasteiger partial charge in [-0.15, -0.1) is 0 Å². The first-order valence-electron chi connectivity index (χ1n) is 4.88. The number of hydrogen-bond donors (Lipinski definition) is 2. The second-order valence-corrected chi connectivity index (χ2v) is 4.16. The van der Waals surface area contributed by atoms with Crippen molar-refractivity contribution in [2.24, 2.45) is 0 Å². The number of aryl methyl sites for hydroxylation is 1. The fourth-order valence-electron chi connectivity index (χ4n) is 1.60. The number of aliphatic hydroxyl groups excluding tert-OH is 1. The molecule has 0 radical (unpaired) electrons. The summed E-state index contributed by atoms with van der Waals surface area (Å²) >= 11 is 0. The zero-order valence-electron chi connectivity index (χ0n) is 9.03. The van der Waals surface area contributed by atoms with Crippen molar-refractivity contribution in [3.05, 3.63) is 35.4 Å². The Bertz CT molecular complexity index is 360. The highest BCUT2D eigenvalue weighted by molar-refractivity contribution is 5.69. The highest BCUT2D eigenvalue weighted by atomic mass is 16.4. The molecule has 0 heterocycles. The third-order valence-electron chi connectivity index (χ3n) is 2.61. The number of rotatable bonds is 4. The van der Waals surface area contributed by atoms with Crippen molar-refractivity contribution in [3.63, 3.8) is 0 Å². The van der Waals surface area contributed by atoms with Crippen molar-refractivity contribution in [3.8, 4) is 0 Å². The maximum Gasteiger partial charge on any atom is 0.304 e. The number of carboxylic acids is 1. The lowest BCUT2D eigenvalue weighted by atomic mass is 9.80. The zero-order chi connectivity index (χ0) is 11.5. The molecule has 15 heavy (non-hydrogen) atoms. The normalized spacial score (nSPS) is 14.6. The van der Waals surface area contributed by atoms with Crippen molar-refractivity contribution >= 4 is 5.97 Å². The van der Waals surface area contributed by atoms with E-state index in [0.717, 1.165) is 11.1 Å². The zero-order valence-corrected chi connectivity index (χ0v) is 9.03. The van der Waals surface area contributed by atoms with Crippen LogP contribution in [0.3, 0.4) is 0 Å². The third-order valence-corrected chi connectivity index (χ3v) is 2.61. The summed E-state index contributed by atoms with van der Waals surface area (Å²) in [7, 11) is 0. The topological polar surface area (TPSA) is 57.5 Å². The molecule has 3 heteroatoms. The molecular formula is C12H16O3. The van der Waals surface area contributed by atoms with Gasteiger partial charge in [0.25, 0.3) is 0 Å². The molecule has 0 spiro atoms. The maximum atomic E-state index is 10.7. The summed E-state index contributed by atoms with van der Waals surface area (Å²) in [6.07, 6.45) is -0.0625. The molecule has 3 nitrogen and oxygen atoms in total. The van der Waals surface area contributed by atoms with E-state index in [9.17, 15) is 9.90 Å². The first-order valence-corrected chi connectivity index (χ1v) is 4.88. The van der Waals surface area contributed by atoms with Gasteiger partial charge in [0.05, 0.1) is 13.0 Å². The van der Waals surface area contributed by atoms with Crippen LogP contribution in [0.4, 0.5) is 0 Å². The number of carbonyl (C=O) groups is 1. The minimum absolute atomic E-state index is 0.0625. The minimum Gasteiger partial charge on any atom is -0.481 e. The second kappa shape index (κ2) is 4.45. The highest BCUT2D eigenvalue weighted by Crippen LogP contribution is 2.27. The largest absolute Gasteiger partial charge is 0.481 e. The predicted octanol–water partition coefficient (Wildman–Crippen LogP) is 1.72. The molecule has 1 rings (SSSR count). The highest BCUT2D eigenvalue weighted by Gasteiger charge is 2.28. The molecule has 1 aromatic rings. The van der Waals surface area contributed by atoms with E-state index in [0.29, 0.717) is 0 Å². The van der Waals surface area contributed by atoms with E-state index in [1.165, 1.54) is 0 Å². The van der Waals surface area contributed by atoms with Crippen molar-refractivity contribution in [1.82, 2.24) is 0 Å². The maximum absolute atomic E-state index is 10.7. The molecule has 0 aliphatic heterocycles. The standard InChI is InChI=1S/C12H16O3/c1-9-4-3-5-10(6-9)12(2,8-13)7-11(14)15/h3-6,13H,7-8H2,1-2H3,(H,14,15). The average molecular weight is 208 g/mol. The summed E-state index contributed by atoms with van der Waals surface area (Å²) in [6, 6.07) is 7.59. The lowest BCUT2D eigenvalue weighted by Gasteiger charge is -2.26. The number of aliphatic carboxylic acids is 1. The van der Waals surface area contributed by atoms with Gasteiger partial charge < -0.3 is 10.2 Å². The van der Waals surface area contributed by atoms with Crippen molar-refractivity contribution < 1.29 is 15.0 Å². The Labute approximate surface area is 89.4 Å². The summed E-state index contributed by atoms with van der Waals surface area (Å²) in [6.45, 7) is 3.54. The molecule has 0 aliphatic carbocycles. The Morgan fingerprint density at radius 3 is 2.60 bits per heavy atom. The Hall–Kier alpha value is -1.35. The molecule has 1 aromatic carbocycles. The SMILES string of the molecule is Cc1cccc(C(C)(CO)CC(=O)O)c1. The Morgan fingerprint density at radius 2 is 2.13 bits per heavy atom. The van der Waals surface area contributed by atoms with Gasteiger partial charge >= 0.3 is 5.97 Å². The van der Waals surface area contributed by atoms with E-state index in [1.54, 1.807) is 6.92 Å². The monoisotopic (exact) mass is 208 g/mol. The number of aliphatic hydroxyl groups is 1. The molecule has 0 saturated heterocycles. The summed E-state index contributed by atoms with van der Waals surface area (Å²) < 4.78 is 0. The van der Waals surface area contributed by atoms with Gasteiger partial charge in [0.15, 0.2) is 0 Å². The van der Waals surface area contributed by atoms with Crippen molar-refractivity contribution in [2.75, 3.05) is 6.61 Å². The van der Waals surface area contributed by atoms with Gasteiger partial charge in [0.2, 0.25) is 0 Å². The van der Waals surface area contributed by atoms with Gasteiger partial charge in [-0.05, 0) is 12.5 Å². The summed E-state index contributed by atoms with van der Waals surface area (Å²) in [5.74, 6) is -0.895. The van der Waals surface area contributed by atoms with E-state index in [2.05, 4.69) is 0 Å². The van der Waals surface area contributed by atoms with Crippen LogP contribution < -0.4 is 0 Å². The molecule has 0 aliphatic rings. The van der Waals surface area contributed by atoms with Gasteiger partial charge in [0, 0.05) is 5.41 Å². The predicted molar refractivity (Wildman–Crippen MR) is 57.9 cm³/mol. The molecule has 1 unspecified atom stereocenters. The van der Waals surface area contributed by atoms with Crippen molar-refractivity contribution in [1.29, 1.82) is 0 Å². The molecule has 0 saturated carbocycles. The van der Waals surface area contributed by atoms with Crippen LogP contribution in [0.25, 0.3) is 0 Å². The van der Waals surface area contributed by atoms with Gasteiger partial charge in [-0.2, -0.15) is 0 Å². The molecule has 82 valence electrons. The van der Waals surface area contributed by atoms with Gasteiger partial charge in [-0.25, -0.2) is 0 Å². The molecule has 1 atom stereocenters. The van der Waals surface area contributed by atoms with E-state index in [4.69, 9.17) is 5.11 Å². The minimum atomic E-state index is -0.895. The van der Waals surface area contributed by atoms with Crippen LogP contribution in [-0.2, 0) is 10.2 Å². The fourth-order valence-corrected chi connectivity index (χ4v) is 1.60. The summed E-state index contributed by atoms with van der Waals surface area (Å²) in [5, 5.41) is 18.1. The third kappa shape index (κ3) is 2.80. The Morgan fingerprint density at radius 1 is 1.47 bits per heavy atom. The van der Waals surface area contributed by atoms with Gasteiger partial charge in [-0.3, -0.25) is 4.79 Å². The second-order valence-electron chi connectivity index (χ2n) is 4.16. The van der Waals surface area contributed by atoms with E-state index in [-0.39, 0.29) is 13.0 Å². The van der Waals surface area contributed by atoms with Crippen LogP contribution in [0.1, 0.15) is 24.5 Å². The van der Waals surface area contributed by atoms with Crippen LogP contribution in [-0.4, -0.2) is 22.8 Å². The first-order chi connectivity index (χ1) is 6.98. The number of hydrogen-bond acceptors (Lipinski definition) is 2.